The Morgan fingerprint density at radius 3 is 2.41 bits per heavy atom. The summed E-state index contributed by atoms with van der Waals surface area (Å²) >= 11 is 5.34. The molecule has 0 aliphatic rings. The summed E-state index contributed by atoms with van der Waals surface area (Å²) in [6, 6.07) is 13.8. The number of hydrogen-bond acceptors (Lipinski definition) is 2. The number of carbonyl (C=O) groups is 2. The quantitative estimate of drug-likeness (QED) is 0.507. The molecule has 22 heavy (non-hydrogen) atoms. The molecule has 0 spiro atoms. The van der Waals surface area contributed by atoms with Crippen molar-refractivity contribution in [3.05, 3.63) is 67.7 Å². The van der Waals surface area contributed by atoms with Crippen LogP contribution in [0.1, 0.15) is 15.9 Å². The van der Waals surface area contributed by atoms with E-state index in [2.05, 4.69) is 21.2 Å². The molecule has 2 aromatic rings. The number of hydrogen-bond donors (Lipinski definition) is 2. The number of benzene rings is 2. The summed E-state index contributed by atoms with van der Waals surface area (Å²) in [5.74, 6) is -1.44. The van der Waals surface area contributed by atoms with Crippen molar-refractivity contribution in [1.29, 1.82) is 0 Å². The topological polar surface area (TPSA) is 66.4 Å². The molecule has 4 nitrogen and oxygen atoms in total. The maximum Gasteiger partial charge on any atom is 0.337 e. The monoisotopic (exact) mass is 471 g/mol. The molecule has 0 aliphatic carbocycles. The molecule has 0 fully saturated rings. The zero-order valence-corrected chi connectivity index (χ0v) is 15.0. The van der Waals surface area contributed by atoms with Gasteiger partial charge in [0.1, 0.15) is 0 Å². The number of anilines is 1. The molecule has 0 heterocycles. The van der Waals surface area contributed by atoms with Crippen LogP contribution < -0.4 is 5.32 Å². The van der Waals surface area contributed by atoms with Gasteiger partial charge in [-0.25, -0.2) is 4.79 Å². The van der Waals surface area contributed by atoms with Crippen LogP contribution in [0.15, 0.2) is 56.6 Å². The Bertz CT molecular complexity index is 759. The molecule has 2 rings (SSSR count). The van der Waals surface area contributed by atoms with Crippen molar-refractivity contribution in [3.8, 4) is 0 Å². The van der Waals surface area contributed by atoms with E-state index >= 15 is 0 Å². The van der Waals surface area contributed by atoms with E-state index < -0.39 is 5.97 Å². The number of rotatable bonds is 4. The normalized spacial score (nSPS) is 11.1. The molecule has 0 aliphatic heterocycles. The van der Waals surface area contributed by atoms with Crippen LogP contribution >= 0.6 is 38.5 Å². The van der Waals surface area contributed by atoms with Gasteiger partial charge in [-0.3, -0.25) is 4.79 Å². The lowest BCUT2D eigenvalue weighted by atomic mass is 10.1. The van der Waals surface area contributed by atoms with Gasteiger partial charge in [0.25, 0.3) is 5.91 Å². The van der Waals surface area contributed by atoms with Crippen LogP contribution in [0.3, 0.4) is 0 Å². The predicted molar refractivity (Wildman–Crippen MR) is 98.2 cm³/mol. The number of carboxylic acid groups (broad SMARTS) is 1. The van der Waals surface area contributed by atoms with Gasteiger partial charge < -0.3 is 10.4 Å². The molecule has 2 N–H and O–H groups in total. The molecule has 6 heteroatoms. The first-order valence-corrected chi connectivity index (χ1v) is 8.11. The van der Waals surface area contributed by atoms with Crippen molar-refractivity contribution in [1.82, 2.24) is 0 Å². The molecule has 0 bridgehead atoms. The van der Waals surface area contributed by atoms with Gasteiger partial charge in [-0.1, -0.05) is 46.3 Å². The SMILES string of the molecule is O=C(Nc1ccccc1C(=O)O)C(I)=Cc1ccccc1Br. The van der Waals surface area contributed by atoms with Gasteiger partial charge in [0, 0.05) is 4.47 Å². The molecular formula is C16H11BrINO3. The van der Waals surface area contributed by atoms with E-state index in [1.54, 1.807) is 24.3 Å². The molecule has 2 aromatic carbocycles. The second-order valence-corrected chi connectivity index (χ2v) is 6.34. The number of nitrogens with one attached hydrogen (secondary N) is 1. The van der Waals surface area contributed by atoms with Crippen molar-refractivity contribution in [2.45, 2.75) is 0 Å². The highest BCUT2D eigenvalue weighted by Gasteiger charge is 2.13. The number of para-hydroxylation sites is 1. The van der Waals surface area contributed by atoms with E-state index in [0.717, 1.165) is 10.0 Å². The summed E-state index contributed by atoms with van der Waals surface area (Å²) in [4.78, 5) is 23.3. The Morgan fingerprint density at radius 1 is 1.09 bits per heavy atom. The Morgan fingerprint density at radius 2 is 1.73 bits per heavy atom. The number of halogens is 2. The average molecular weight is 472 g/mol. The van der Waals surface area contributed by atoms with E-state index in [1.165, 1.54) is 6.07 Å². The minimum absolute atomic E-state index is 0.0564. The number of amides is 1. The van der Waals surface area contributed by atoms with Gasteiger partial charge in [-0.2, -0.15) is 0 Å². The Labute approximate surface area is 149 Å². The fraction of sp³-hybridized carbons (Fsp3) is 0. The minimum Gasteiger partial charge on any atom is -0.478 e. The van der Waals surface area contributed by atoms with E-state index in [0.29, 0.717) is 3.58 Å². The van der Waals surface area contributed by atoms with Crippen LogP contribution in [-0.4, -0.2) is 17.0 Å². The standard InChI is InChI=1S/C16H11BrINO3/c17-12-7-3-1-5-10(12)9-13(18)15(20)19-14-8-4-2-6-11(14)16(21)22/h1-9H,(H,19,20)(H,21,22). The predicted octanol–water partition coefficient (Wildman–Crippen LogP) is 4.56. The summed E-state index contributed by atoms with van der Waals surface area (Å²) < 4.78 is 1.33. The van der Waals surface area contributed by atoms with E-state index in [1.807, 2.05) is 46.9 Å². The highest BCUT2D eigenvalue weighted by atomic mass is 127. The summed E-state index contributed by atoms with van der Waals surface area (Å²) in [7, 11) is 0. The molecular weight excluding hydrogens is 461 g/mol. The largest absolute Gasteiger partial charge is 0.478 e. The van der Waals surface area contributed by atoms with Crippen LogP contribution in [0.25, 0.3) is 6.08 Å². The van der Waals surface area contributed by atoms with Crippen LogP contribution in [0.2, 0.25) is 0 Å². The number of carboxylic acids is 1. The van der Waals surface area contributed by atoms with Gasteiger partial charge in [-0.05, 0) is 52.4 Å². The first-order chi connectivity index (χ1) is 10.5. The fourth-order valence-corrected chi connectivity index (χ4v) is 2.62. The molecule has 1 amide bonds. The summed E-state index contributed by atoms with van der Waals surface area (Å²) in [6.45, 7) is 0. The van der Waals surface area contributed by atoms with E-state index in [-0.39, 0.29) is 17.2 Å². The van der Waals surface area contributed by atoms with Crippen molar-refractivity contribution in [2.24, 2.45) is 0 Å². The molecule has 0 aromatic heterocycles. The van der Waals surface area contributed by atoms with E-state index in [4.69, 9.17) is 5.11 Å². The Hall–Kier alpha value is -1.67. The second kappa shape index (κ2) is 7.55. The van der Waals surface area contributed by atoms with Crippen LogP contribution in [0.4, 0.5) is 5.69 Å². The van der Waals surface area contributed by atoms with Crippen LogP contribution in [0, 0.1) is 0 Å². The van der Waals surface area contributed by atoms with Gasteiger partial charge in [0.15, 0.2) is 0 Å². The van der Waals surface area contributed by atoms with Crippen molar-refractivity contribution in [2.75, 3.05) is 5.32 Å². The molecule has 0 radical (unpaired) electrons. The third kappa shape index (κ3) is 4.17. The maximum atomic E-state index is 12.2. The first kappa shape index (κ1) is 16.7. The van der Waals surface area contributed by atoms with Crippen molar-refractivity contribution >= 4 is 62.2 Å². The van der Waals surface area contributed by atoms with Gasteiger partial charge in [-0.15, -0.1) is 0 Å². The molecule has 112 valence electrons. The lowest BCUT2D eigenvalue weighted by Gasteiger charge is -2.08. The zero-order valence-electron chi connectivity index (χ0n) is 11.2. The number of carbonyl (C=O) groups excluding carboxylic acids is 1. The average Bonchev–Trinajstić information content (AvgIpc) is 2.49. The molecule has 0 unspecified atom stereocenters. The van der Waals surface area contributed by atoms with Crippen LogP contribution in [0.5, 0.6) is 0 Å². The summed E-state index contributed by atoms with van der Waals surface area (Å²) in [5.41, 5.74) is 1.20. The smallest absolute Gasteiger partial charge is 0.337 e. The summed E-state index contributed by atoms with van der Waals surface area (Å²) in [5, 5.41) is 11.7. The van der Waals surface area contributed by atoms with Crippen LogP contribution in [-0.2, 0) is 4.79 Å². The molecule has 0 atom stereocenters. The lowest BCUT2D eigenvalue weighted by molar-refractivity contribution is -0.112. The fourth-order valence-electron chi connectivity index (χ4n) is 1.75. The van der Waals surface area contributed by atoms with E-state index in [9.17, 15) is 9.59 Å². The lowest BCUT2D eigenvalue weighted by Crippen LogP contribution is -2.14. The highest BCUT2D eigenvalue weighted by molar-refractivity contribution is 14.1. The van der Waals surface area contributed by atoms with Crippen molar-refractivity contribution in [3.63, 3.8) is 0 Å². The van der Waals surface area contributed by atoms with Crippen molar-refractivity contribution < 1.29 is 14.7 Å². The minimum atomic E-state index is -1.08. The van der Waals surface area contributed by atoms with Gasteiger partial charge in [0.05, 0.1) is 14.8 Å². The maximum absolute atomic E-state index is 12.2. The third-order valence-corrected chi connectivity index (χ3v) is 4.33. The Balaban J connectivity index is 2.23. The third-order valence-electron chi connectivity index (χ3n) is 2.81. The highest BCUT2D eigenvalue weighted by Crippen LogP contribution is 2.23. The second-order valence-electron chi connectivity index (χ2n) is 4.32. The zero-order chi connectivity index (χ0) is 16.1. The Kier molecular flexibility index (Phi) is 5.73. The summed E-state index contributed by atoms with van der Waals surface area (Å²) in [6.07, 6.45) is 1.73. The van der Waals surface area contributed by atoms with Gasteiger partial charge >= 0.3 is 5.97 Å². The molecule has 0 saturated heterocycles. The van der Waals surface area contributed by atoms with Gasteiger partial charge in [0.2, 0.25) is 0 Å². The first-order valence-electron chi connectivity index (χ1n) is 6.24. The molecule has 0 saturated carbocycles. The number of aromatic carboxylic acids is 1.